The number of likely N-dealkylation sites (N-methyl/N-ethyl adjacent to an activating group) is 1. The summed E-state index contributed by atoms with van der Waals surface area (Å²) in [5, 5.41) is 3.39. The van der Waals surface area contributed by atoms with Gasteiger partial charge in [-0.1, -0.05) is 43.5 Å². The van der Waals surface area contributed by atoms with Crippen molar-refractivity contribution in [2.75, 3.05) is 13.6 Å². The molecule has 1 aliphatic carbocycles. The van der Waals surface area contributed by atoms with Gasteiger partial charge in [0.2, 0.25) is 0 Å². The minimum Gasteiger partial charge on any atom is -0.319 e. The molecule has 0 spiro atoms. The molecule has 1 unspecified atom stereocenters. The van der Waals surface area contributed by atoms with E-state index in [0.29, 0.717) is 5.92 Å². The van der Waals surface area contributed by atoms with Gasteiger partial charge in [-0.3, -0.25) is 0 Å². The van der Waals surface area contributed by atoms with Crippen molar-refractivity contribution in [1.82, 2.24) is 5.32 Å². The van der Waals surface area contributed by atoms with E-state index >= 15 is 0 Å². The molecule has 1 atom stereocenters. The zero-order valence-corrected chi connectivity index (χ0v) is 11.2. The molecule has 1 aromatic carbocycles. The molecular formula is C16H25N. The Labute approximate surface area is 106 Å². The second kappa shape index (κ2) is 6.20. The van der Waals surface area contributed by atoms with Crippen LogP contribution in [0, 0.1) is 12.8 Å². The van der Waals surface area contributed by atoms with Crippen LogP contribution < -0.4 is 5.32 Å². The average Bonchev–Trinajstić information content (AvgIpc) is 2.38. The van der Waals surface area contributed by atoms with Gasteiger partial charge in [0.15, 0.2) is 0 Å². The first-order valence-corrected chi connectivity index (χ1v) is 7.03. The number of aryl methyl sites for hydroxylation is 1. The van der Waals surface area contributed by atoms with Gasteiger partial charge in [0, 0.05) is 6.54 Å². The first kappa shape index (κ1) is 12.6. The Hall–Kier alpha value is -0.820. The summed E-state index contributed by atoms with van der Waals surface area (Å²) in [6, 6.07) is 8.91. The van der Waals surface area contributed by atoms with Gasteiger partial charge >= 0.3 is 0 Å². The van der Waals surface area contributed by atoms with Crippen LogP contribution in [0.15, 0.2) is 24.3 Å². The van der Waals surface area contributed by atoms with E-state index in [1.807, 2.05) is 0 Å². The van der Waals surface area contributed by atoms with Gasteiger partial charge < -0.3 is 5.32 Å². The van der Waals surface area contributed by atoms with Crippen LogP contribution in [0.1, 0.15) is 49.1 Å². The highest BCUT2D eigenvalue weighted by Crippen LogP contribution is 2.36. The van der Waals surface area contributed by atoms with Crippen molar-refractivity contribution in [3.05, 3.63) is 35.4 Å². The third kappa shape index (κ3) is 3.10. The largest absolute Gasteiger partial charge is 0.319 e. The van der Waals surface area contributed by atoms with E-state index < -0.39 is 0 Å². The fourth-order valence-electron chi connectivity index (χ4n) is 3.29. The third-order valence-electron chi connectivity index (χ3n) is 4.23. The molecule has 0 saturated heterocycles. The summed E-state index contributed by atoms with van der Waals surface area (Å²) in [5.74, 6) is 1.60. The predicted octanol–water partition coefficient (Wildman–Crippen LogP) is 3.88. The number of hydrogen-bond acceptors (Lipinski definition) is 1. The second-order valence-corrected chi connectivity index (χ2v) is 5.42. The maximum absolute atomic E-state index is 3.39. The van der Waals surface area contributed by atoms with E-state index in [4.69, 9.17) is 0 Å². The van der Waals surface area contributed by atoms with Gasteiger partial charge in [0.05, 0.1) is 0 Å². The van der Waals surface area contributed by atoms with Crippen molar-refractivity contribution in [2.45, 2.75) is 44.9 Å². The topological polar surface area (TPSA) is 12.0 Å². The maximum atomic E-state index is 3.39. The summed E-state index contributed by atoms with van der Waals surface area (Å²) >= 11 is 0. The van der Waals surface area contributed by atoms with Gasteiger partial charge in [-0.25, -0.2) is 0 Å². The van der Waals surface area contributed by atoms with Crippen molar-refractivity contribution in [2.24, 2.45) is 5.92 Å². The Morgan fingerprint density at radius 1 is 1.18 bits per heavy atom. The fourth-order valence-corrected chi connectivity index (χ4v) is 3.29. The molecular weight excluding hydrogens is 206 g/mol. The molecule has 94 valence electrons. The zero-order chi connectivity index (χ0) is 12.1. The normalized spacial score (nSPS) is 19.2. The summed E-state index contributed by atoms with van der Waals surface area (Å²) in [6.07, 6.45) is 7.13. The lowest BCUT2D eigenvalue weighted by Gasteiger charge is -2.31. The number of rotatable bonds is 4. The van der Waals surface area contributed by atoms with E-state index in [1.165, 1.54) is 37.7 Å². The SMILES string of the molecule is CNCC(c1ccccc1C)C1CCCCC1. The highest BCUT2D eigenvalue weighted by Gasteiger charge is 2.25. The summed E-state index contributed by atoms with van der Waals surface area (Å²) in [5.41, 5.74) is 3.02. The molecule has 17 heavy (non-hydrogen) atoms. The van der Waals surface area contributed by atoms with Crippen molar-refractivity contribution in [1.29, 1.82) is 0 Å². The lowest BCUT2D eigenvalue weighted by Crippen LogP contribution is -2.26. The van der Waals surface area contributed by atoms with Gasteiger partial charge in [0.25, 0.3) is 0 Å². The van der Waals surface area contributed by atoms with Crippen LogP contribution in [-0.2, 0) is 0 Å². The van der Waals surface area contributed by atoms with E-state index in [9.17, 15) is 0 Å². The maximum Gasteiger partial charge on any atom is 0.00199 e. The summed E-state index contributed by atoms with van der Waals surface area (Å²) in [4.78, 5) is 0. The van der Waals surface area contributed by atoms with Crippen molar-refractivity contribution in [3.63, 3.8) is 0 Å². The van der Waals surface area contributed by atoms with Gasteiger partial charge in [0.1, 0.15) is 0 Å². The zero-order valence-electron chi connectivity index (χ0n) is 11.2. The Morgan fingerprint density at radius 2 is 1.88 bits per heavy atom. The summed E-state index contributed by atoms with van der Waals surface area (Å²) in [7, 11) is 2.08. The van der Waals surface area contributed by atoms with Crippen LogP contribution >= 0.6 is 0 Å². The van der Waals surface area contributed by atoms with Crippen LogP contribution in [0.4, 0.5) is 0 Å². The Balaban J connectivity index is 2.18. The molecule has 1 aromatic rings. The minimum absolute atomic E-state index is 0.710. The average molecular weight is 231 g/mol. The van der Waals surface area contributed by atoms with Gasteiger partial charge in [-0.2, -0.15) is 0 Å². The predicted molar refractivity (Wildman–Crippen MR) is 74.4 cm³/mol. The number of benzene rings is 1. The van der Waals surface area contributed by atoms with Crippen LogP contribution in [0.25, 0.3) is 0 Å². The van der Waals surface area contributed by atoms with Crippen LogP contribution in [0.3, 0.4) is 0 Å². The van der Waals surface area contributed by atoms with E-state index in [1.54, 1.807) is 5.56 Å². The standard InChI is InChI=1S/C16H25N/c1-13-8-6-7-11-15(13)16(12-17-2)14-9-4-3-5-10-14/h6-8,11,14,16-17H,3-5,9-10,12H2,1-2H3. The molecule has 0 heterocycles. The van der Waals surface area contributed by atoms with E-state index in [2.05, 4.69) is 43.6 Å². The van der Waals surface area contributed by atoms with E-state index in [0.717, 1.165) is 12.5 Å². The highest BCUT2D eigenvalue weighted by molar-refractivity contribution is 5.30. The number of nitrogens with one attached hydrogen (secondary N) is 1. The summed E-state index contributed by atoms with van der Waals surface area (Å²) in [6.45, 7) is 3.37. The molecule has 1 nitrogen and oxygen atoms in total. The monoisotopic (exact) mass is 231 g/mol. The fraction of sp³-hybridized carbons (Fsp3) is 0.625. The molecule has 2 rings (SSSR count). The molecule has 1 N–H and O–H groups in total. The molecule has 0 amide bonds. The quantitative estimate of drug-likeness (QED) is 0.829. The molecule has 0 bridgehead atoms. The Morgan fingerprint density at radius 3 is 2.53 bits per heavy atom. The van der Waals surface area contributed by atoms with Gasteiger partial charge in [-0.15, -0.1) is 0 Å². The molecule has 0 aliphatic heterocycles. The molecule has 0 aromatic heterocycles. The highest BCUT2D eigenvalue weighted by atomic mass is 14.8. The lowest BCUT2D eigenvalue weighted by atomic mass is 9.76. The van der Waals surface area contributed by atoms with Gasteiger partial charge in [-0.05, 0) is 49.8 Å². The van der Waals surface area contributed by atoms with Crippen LogP contribution in [0.5, 0.6) is 0 Å². The smallest absolute Gasteiger partial charge is 0.00199 e. The molecule has 1 saturated carbocycles. The molecule has 1 aliphatic rings. The lowest BCUT2D eigenvalue weighted by molar-refractivity contribution is 0.299. The second-order valence-electron chi connectivity index (χ2n) is 5.42. The van der Waals surface area contributed by atoms with Crippen molar-refractivity contribution in [3.8, 4) is 0 Å². The van der Waals surface area contributed by atoms with Crippen molar-refractivity contribution < 1.29 is 0 Å². The number of hydrogen-bond donors (Lipinski definition) is 1. The molecule has 1 heteroatoms. The van der Waals surface area contributed by atoms with Crippen LogP contribution in [0.2, 0.25) is 0 Å². The first-order chi connectivity index (χ1) is 8.33. The molecule has 1 fully saturated rings. The Bertz CT molecular complexity index is 339. The molecule has 0 radical (unpaired) electrons. The first-order valence-electron chi connectivity index (χ1n) is 7.03. The van der Waals surface area contributed by atoms with E-state index in [-0.39, 0.29) is 0 Å². The third-order valence-corrected chi connectivity index (χ3v) is 4.23. The summed E-state index contributed by atoms with van der Waals surface area (Å²) < 4.78 is 0. The Kier molecular flexibility index (Phi) is 4.61. The van der Waals surface area contributed by atoms with Crippen molar-refractivity contribution >= 4 is 0 Å². The minimum atomic E-state index is 0.710. The van der Waals surface area contributed by atoms with Crippen LogP contribution in [-0.4, -0.2) is 13.6 Å².